The van der Waals surface area contributed by atoms with Gasteiger partial charge in [-0.1, -0.05) is 25.2 Å². The molecule has 7 nitrogen and oxygen atoms in total. The van der Waals surface area contributed by atoms with E-state index in [0.29, 0.717) is 16.7 Å². The highest BCUT2D eigenvalue weighted by Gasteiger charge is 2.16. The summed E-state index contributed by atoms with van der Waals surface area (Å²) in [5.41, 5.74) is 0.738. The lowest BCUT2D eigenvalue weighted by atomic mass is 10.2. The minimum Gasteiger partial charge on any atom is -0.450 e. The number of pyridine rings is 1. The Kier molecular flexibility index (Phi) is 6.58. The molecule has 0 aliphatic carbocycles. The molecule has 24 heavy (non-hydrogen) atoms. The summed E-state index contributed by atoms with van der Waals surface area (Å²) in [6.07, 6.45) is 1.01. The molecule has 0 aromatic carbocycles. The Morgan fingerprint density at radius 3 is 2.83 bits per heavy atom. The first kappa shape index (κ1) is 18.7. The fraction of sp³-hybridized carbons (Fsp3) is 0.357. The zero-order valence-electron chi connectivity index (χ0n) is 13.3. The van der Waals surface area contributed by atoms with Gasteiger partial charge in [0.1, 0.15) is 10.8 Å². The maximum absolute atomic E-state index is 11.4. The van der Waals surface area contributed by atoms with Crippen molar-refractivity contribution in [1.82, 2.24) is 20.5 Å². The summed E-state index contributed by atoms with van der Waals surface area (Å²) in [7, 11) is 0. The Labute approximate surface area is 157 Å². The number of amides is 1. The van der Waals surface area contributed by atoms with E-state index >= 15 is 0 Å². The van der Waals surface area contributed by atoms with E-state index in [9.17, 15) is 4.79 Å². The lowest BCUT2D eigenvalue weighted by molar-refractivity contribution is 0.158. The number of alkyl carbamates (subject to hydrolysis) is 1. The Morgan fingerprint density at radius 2 is 2.21 bits per heavy atom. The Morgan fingerprint density at radius 1 is 1.46 bits per heavy atom. The highest BCUT2D eigenvalue weighted by Crippen LogP contribution is 2.33. The molecule has 0 radical (unpaired) electrons. The minimum absolute atomic E-state index is 0.0955. The van der Waals surface area contributed by atoms with Gasteiger partial charge in [-0.15, -0.1) is 10.2 Å². The first-order valence-corrected chi connectivity index (χ1v) is 9.16. The normalized spacial score (nSPS) is 10.5. The van der Waals surface area contributed by atoms with Gasteiger partial charge in [0.05, 0.1) is 12.2 Å². The molecule has 0 aliphatic heterocycles. The molecule has 0 unspecified atom stereocenters. The van der Waals surface area contributed by atoms with Gasteiger partial charge in [0.2, 0.25) is 0 Å². The van der Waals surface area contributed by atoms with Crippen LogP contribution in [-0.4, -0.2) is 33.0 Å². The van der Waals surface area contributed by atoms with Crippen molar-refractivity contribution in [3.63, 3.8) is 0 Å². The Bertz CT molecular complexity index is 751. The Balaban J connectivity index is 2.24. The number of ether oxygens (including phenoxy) is 1. The van der Waals surface area contributed by atoms with E-state index in [-0.39, 0.29) is 11.7 Å². The minimum atomic E-state index is -0.619. The standard InChI is InChI=1S/C14H16BrN5O2S2/c1-4-22-14(21)18-13(23)17-10-9(5-8(15)6-16-10)12-20-19-11(24-12)7(2)3/h5-7H,4H2,1-3H3,(H2,16,17,18,21,23). The van der Waals surface area contributed by atoms with E-state index < -0.39 is 6.09 Å². The van der Waals surface area contributed by atoms with Crippen molar-refractivity contribution in [2.75, 3.05) is 11.9 Å². The number of halogens is 1. The van der Waals surface area contributed by atoms with E-state index in [0.717, 1.165) is 15.0 Å². The SMILES string of the molecule is CCOC(=O)NC(=S)Nc1ncc(Br)cc1-c1nnc(C(C)C)s1. The number of hydrogen-bond donors (Lipinski definition) is 2. The largest absolute Gasteiger partial charge is 0.450 e. The molecule has 0 saturated carbocycles. The van der Waals surface area contributed by atoms with Gasteiger partial charge in [-0.25, -0.2) is 9.78 Å². The van der Waals surface area contributed by atoms with Crippen LogP contribution in [0.15, 0.2) is 16.7 Å². The van der Waals surface area contributed by atoms with Gasteiger partial charge in [-0.3, -0.25) is 5.32 Å². The van der Waals surface area contributed by atoms with Crippen LogP contribution < -0.4 is 10.6 Å². The third-order valence-corrected chi connectivity index (χ3v) is 4.64. The summed E-state index contributed by atoms with van der Waals surface area (Å²) in [5.74, 6) is 0.769. The first-order valence-electron chi connectivity index (χ1n) is 7.14. The summed E-state index contributed by atoms with van der Waals surface area (Å²) >= 11 is 10.00. The third kappa shape index (κ3) is 4.92. The summed E-state index contributed by atoms with van der Waals surface area (Å²) in [6.45, 7) is 6.09. The molecular weight excluding hydrogens is 414 g/mol. The number of carbonyl (C=O) groups excluding carboxylic acids is 1. The van der Waals surface area contributed by atoms with Crippen LogP contribution in [-0.2, 0) is 4.74 Å². The van der Waals surface area contributed by atoms with Crippen molar-refractivity contribution in [2.24, 2.45) is 0 Å². The fourth-order valence-corrected chi connectivity index (χ4v) is 3.05. The van der Waals surface area contributed by atoms with Crippen LogP contribution in [0.2, 0.25) is 0 Å². The molecule has 0 atom stereocenters. The zero-order chi connectivity index (χ0) is 17.7. The number of aromatic nitrogens is 3. The first-order chi connectivity index (χ1) is 11.4. The lowest BCUT2D eigenvalue weighted by Gasteiger charge is -2.11. The van der Waals surface area contributed by atoms with E-state index in [1.165, 1.54) is 11.3 Å². The molecule has 0 fully saturated rings. The summed E-state index contributed by atoms with van der Waals surface area (Å²) in [6, 6.07) is 1.87. The lowest BCUT2D eigenvalue weighted by Crippen LogP contribution is -2.34. The highest BCUT2D eigenvalue weighted by molar-refractivity contribution is 9.10. The molecule has 0 aliphatic rings. The van der Waals surface area contributed by atoms with E-state index in [4.69, 9.17) is 17.0 Å². The monoisotopic (exact) mass is 429 g/mol. The summed E-state index contributed by atoms with van der Waals surface area (Å²) < 4.78 is 5.59. The van der Waals surface area contributed by atoms with Crippen LogP contribution in [0, 0.1) is 0 Å². The molecule has 2 heterocycles. The average Bonchev–Trinajstić information content (AvgIpc) is 2.99. The molecule has 2 aromatic rings. The van der Waals surface area contributed by atoms with Crippen LogP contribution in [0.3, 0.4) is 0 Å². The predicted octanol–water partition coefficient (Wildman–Crippen LogP) is 3.93. The third-order valence-electron chi connectivity index (χ3n) is 2.74. The number of thiocarbonyl (C=S) groups is 1. The topological polar surface area (TPSA) is 89.0 Å². The van der Waals surface area contributed by atoms with Crippen molar-refractivity contribution < 1.29 is 9.53 Å². The number of nitrogens with one attached hydrogen (secondary N) is 2. The number of nitrogens with zero attached hydrogens (tertiary/aromatic N) is 3. The van der Waals surface area contributed by atoms with Gasteiger partial charge < -0.3 is 10.1 Å². The Hall–Kier alpha value is -1.65. The fourth-order valence-electron chi connectivity index (χ4n) is 1.68. The van der Waals surface area contributed by atoms with Crippen molar-refractivity contribution in [3.8, 4) is 10.6 Å². The number of carbonyl (C=O) groups is 1. The second-order valence-corrected chi connectivity index (χ2v) is 7.28. The average molecular weight is 430 g/mol. The maximum atomic E-state index is 11.4. The van der Waals surface area contributed by atoms with Crippen molar-refractivity contribution in [3.05, 3.63) is 21.7 Å². The van der Waals surface area contributed by atoms with Crippen LogP contribution in [0.25, 0.3) is 10.6 Å². The maximum Gasteiger partial charge on any atom is 0.413 e. The van der Waals surface area contributed by atoms with Crippen molar-refractivity contribution in [1.29, 1.82) is 0 Å². The molecule has 2 rings (SSSR count). The van der Waals surface area contributed by atoms with E-state index in [2.05, 4.69) is 55.6 Å². The molecule has 0 spiro atoms. The summed E-state index contributed by atoms with van der Waals surface area (Å²) in [5, 5.41) is 15.5. The molecule has 2 N–H and O–H groups in total. The van der Waals surface area contributed by atoms with Crippen LogP contribution in [0.1, 0.15) is 31.7 Å². The number of hydrogen-bond acceptors (Lipinski definition) is 7. The molecule has 1 amide bonds. The van der Waals surface area contributed by atoms with E-state index in [1.807, 2.05) is 6.07 Å². The van der Waals surface area contributed by atoms with Gasteiger partial charge in [0, 0.05) is 16.6 Å². The molecule has 0 saturated heterocycles. The van der Waals surface area contributed by atoms with Crippen molar-refractivity contribution >= 4 is 56.5 Å². The molecule has 2 aromatic heterocycles. The second-order valence-electron chi connectivity index (χ2n) is 4.95. The second kappa shape index (κ2) is 8.45. The van der Waals surface area contributed by atoms with Gasteiger partial charge in [-0.05, 0) is 41.1 Å². The molecule has 10 heteroatoms. The van der Waals surface area contributed by atoms with Crippen LogP contribution in [0.5, 0.6) is 0 Å². The molecular formula is C14H16BrN5O2S2. The highest BCUT2D eigenvalue weighted by atomic mass is 79.9. The van der Waals surface area contributed by atoms with Gasteiger partial charge in [0.15, 0.2) is 10.1 Å². The van der Waals surface area contributed by atoms with Crippen molar-refractivity contribution in [2.45, 2.75) is 26.7 Å². The van der Waals surface area contributed by atoms with Crippen LogP contribution >= 0.6 is 39.5 Å². The summed E-state index contributed by atoms with van der Waals surface area (Å²) in [4.78, 5) is 15.7. The zero-order valence-corrected chi connectivity index (χ0v) is 16.5. The number of anilines is 1. The van der Waals surface area contributed by atoms with Gasteiger partial charge >= 0.3 is 6.09 Å². The molecule has 128 valence electrons. The van der Waals surface area contributed by atoms with Gasteiger partial charge in [0.25, 0.3) is 0 Å². The van der Waals surface area contributed by atoms with E-state index in [1.54, 1.807) is 13.1 Å². The predicted molar refractivity (Wildman–Crippen MR) is 101 cm³/mol. The smallest absolute Gasteiger partial charge is 0.413 e. The number of rotatable bonds is 4. The van der Waals surface area contributed by atoms with Crippen LogP contribution in [0.4, 0.5) is 10.6 Å². The molecule has 0 bridgehead atoms. The quantitative estimate of drug-likeness (QED) is 0.711. The van der Waals surface area contributed by atoms with Gasteiger partial charge in [-0.2, -0.15) is 0 Å².